The van der Waals surface area contributed by atoms with Crippen molar-refractivity contribution < 1.29 is 9.53 Å². The van der Waals surface area contributed by atoms with Crippen LogP contribution >= 0.6 is 0 Å². The number of amides is 1. The lowest BCUT2D eigenvalue weighted by Gasteiger charge is -2.49. The van der Waals surface area contributed by atoms with E-state index >= 15 is 0 Å². The summed E-state index contributed by atoms with van der Waals surface area (Å²) in [6.45, 7) is 13.9. The van der Waals surface area contributed by atoms with Crippen molar-refractivity contribution in [2.75, 3.05) is 6.54 Å². The summed E-state index contributed by atoms with van der Waals surface area (Å²) in [6, 6.07) is 28.5. The summed E-state index contributed by atoms with van der Waals surface area (Å²) in [5.74, 6) is 1.15. The Morgan fingerprint density at radius 1 is 1.06 bits per heavy atom. The van der Waals surface area contributed by atoms with E-state index in [9.17, 15) is 4.79 Å². The number of benzene rings is 3. The summed E-state index contributed by atoms with van der Waals surface area (Å²) in [6.07, 6.45) is 3.53. The number of nitrogens with zero attached hydrogens (tertiary/aromatic N) is 1. The minimum atomic E-state index is -0.0926. The van der Waals surface area contributed by atoms with Crippen LogP contribution in [-0.4, -0.2) is 23.4 Å². The molecule has 1 saturated heterocycles. The van der Waals surface area contributed by atoms with Crippen LogP contribution in [-0.2, 0) is 16.8 Å². The fraction of sp³-hybridized carbons (Fsp3) is 0.281. The molecule has 3 aromatic rings. The molecule has 1 fully saturated rings. The van der Waals surface area contributed by atoms with Crippen LogP contribution in [0.3, 0.4) is 0 Å². The molecule has 3 nitrogen and oxygen atoms in total. The largest absolute Gasteiger partial charge is 0.489 e. The SMILES string of the molecule is C=CC[C@H]1C[C@@](C)(c2cccc(OCc3ccccc3)c2)[C@@H](C)CN1C(=O)C(=C)c1ccccc1. The lowest BCUT2D eigenvalue weighted by atomic mass is 9.65. The number of rotatable bonds is 8. The van der Waals surface area contributed by atoms with E-state index in [0.717, 1.165) is 29.7 Å². The molecular weight excluding hydrogens is 430 g/mol. The Bertz CT molecular complexity index is 1170. The van der Waals surface area contributed by atoms with E-state index in [1.807, 2.05) is 65.6 Å². The third-order valence-electron chi connectivity index (χ3n) is 7.48. The van der Waals surface area contributed by atoms with Crippen LogP contribution in [0, 0.1) is 5.92 Å². The maximum Gasteiger partial charge on any atom is 0.254 e. The molecule has 0 unspecified atom stereocenters. The molecule has 1 amide bonds. The van der Waals surface area contributed by atoms with Crippen molar-refractivity contribution >= 4 is 11.5 Å². The first-order valence-corrected chi connectivity index (χ1v) is 12.4. The number of ether oxygens (including phenoxy) is 1. The molecule has 0 aliphatic carbocycles. The molecule has 3 atom stereocenters. The zero-order chi connectivity index (χ0) is 24.8. The van der Waals surface area contributed by atoms with Gasteiger partial charge in [0.25, 0.3) is 5.91 Å². The van der Waals surface area contributed by atoms with Crippen molar-refractivity contribution in [3.8, 4) is 5.75 Å². The molecule has 1 aliphatic heterocycles. The van der Waals surface area contributed by atoms with Crippen molar-refractivity contribution in [2.24, 2.45) is 5.92 Å². The molecule has 0 bridgehead atoms. The topological polar surface area (TPSA) is 29.5 Å². The Balaban J connectivity index is 1.54. The number of carbonyl (C=O) groups excluding carboxylic acids is 1. The Labute approximate surface area is 209 Å². The minimum absolute atomic E-state index is 0.0110. The molecule has 0 aromatic heterocycles. The van der Waals surface area contributed by atoms with Crippen molar-refractivity contribution in [3.05, 3.63) is 121 Å². The van der Waals surface area contributed by atoms with Crippen molar-refractivity contribution in [1.82, 2.24) is 4.90 Å². The van der Waals surface area contributed by atoms with Crippen molar-refractivity contribution in [3.63, 3.8) is 0 Å². The molecule has 1 heterocycles. The van der Waals surface area contributed by atoms with Gasteiger partial charge in [-0.15, -0.1) is 6.58 Å². The van der Waals surface area contributed by atoms with Crippen LogP contribution in [0.4, 0.5) is 0 Å². The van der Waals surface area contributed by atoms with E-state index in [-0.39, 0.29) is 23.3 Å². The van der Waals surface area contributed by atoms with Gasteiger partial charge >= 0.3 is 0 Å². The second kappa shape index (κ2) is 10.8. The minimum Gasteiger partial charge on any atom is -0.489 e. The molecular formula is C32H35NO2. The third-order valence-corrected chi connectivity index (χ3v) is 7.48. The first-order chi connectivity index (χ1) is 16.9. The van der Waals surface area contributed by atoms with E-state index in [0.29, 0.717) is 18.7 Å². The van der Waals surface area contributed by atoms with Crippen LogP contribution in [0.15, 0.2) is 104 Å². The van der Waals surface area contributed by atoms with Gasteiger partial charge in [-0.2, -0.15) is 0 Å². The summed E-state index contributed by atoms with van der Waals surface area (Å²) in [7, 11) is 0. The molecule has 0 spiro atoms. The van der Waals surface area contributed by atoms with Gasteiger partial charge in [0.15, 0.2) is 0 Å². The average molecular weight is 466 g/mol. The normalized spacial score (nSPS) is 21.8. The molecule has 0 radical (unpaired) electrons. The van der Waals surface area contributed by atoms with Gasteiger partial charge < -0.3 is 9.64 Å². The third kappa shape index (κ3) is 5.40. The van der Waals surface area contributed by atoms with Gasteiger partial charge in [0.2, 0.25) is 0 Å². The molecule has 0 N–H and O–H groups in total. The molecule has 35 heavy (non-hydrogen) atoms. The van der Waals surface area contributed by atoms with Crippen LogP contribution in [0.25, 0.3) is 5.57 Å². The number of carbonyl (C=O) groups is 1. The van der Waals surface area contributed by atoms with E-state index < -0.39 is 0 Å². The molecule has 180 valence electrons. The second-order valence-corrected chi connectivity index (χ2v) is 9.81. The van der Waals surface area contributed by atoms with Crippen LogP contribution in [0.5, 0.6) is 5.75 Å². The van der Waals surface area contributed by atoms with E-state index in [4.69, 9.17) is 4.74 Å². The van der Waals surface area contributed by atoms with Gasteiger partial charge in [0.1, 0.15) is 12.4 Å². The quantitative estimate of drug-likeness (QED) is 0.263. The number of hydrogen-bond donors (Lipinski definition) is 0. The van der Waals surface area contributed by atoms with Gasteiger partial charge in [-0.3, -0.25) is 4.79 Å². The number of piperidine rings is 1. The zero-order valence-electron chi connectivity index (χ0n) is 20.8. The smallest absolute Gasteiger partial charge is 0.254 e. The lowest BCUT2D eigenvalue weighted by molar-refractivity contribution is -0.131. The highest BCUT2D eigenvalue weighted by Crippen LogP contribution is 2.44. The predicted molar refractivity (Wildman–Crippen MR) is 144 cm³/mol. The van der Waals surface area contributed by atoms with Crippen molar-refractivity contribution in [2.45, 2.75) is 44.8 Å². The average Bonchev–Trinajstić information content (AvgIpc) is 2.90. The Morgan fingerprint density at radius 2 is 1.74 bits per heavy atom. The molecule has 1 aliphatic rings. The van der Waals surface area contributed by atoms with Crippen molar-refractivity contribution in [1.29, 1.82) is 0 Å². The van der Waals surface area contributed by atoms with E-state index in [2.05, 4.69) is 57.3 Å². The van der Waals surface area contributed by atoms with Crippen LogP contribution in [0.1, 0.15) is 43.4 Å². The highest BCUT2D eigenvalue weighted by Gasteiger charge is 2.44. The highest BCUT2D eigenvalue weighted by atomic mass is 16.5. The van der Waals surface area contributed by atoms with Gasteiger partial charge in [-0.1, -0.05) is 99.3 Å². The zero-order valence-corrected chi connectivity index (χ0v) is 20.8. The fourth-order valence-corrected chi connectivity index (χ4v) is 5.12. The highest BCUT2D eigenvalue weighted by molar-refractivity contribution is 6.18. The van der Waals surface area contributed by atoms with E-state index in [1.54, 1.807) is 0 Å². The second-order valence-electron chi connectivity index (χ2n) is 9.81. The van der Waals surface area contributed by atoms with Crippen LogP contribution in [0.2, 0.25) is 0 Å². The maximum absolute atomic E-state index is 13.5. The first-order valence-electron chi connectivity index (χ1n) is 12.4. The van der Waals surface area contributed by atoms with Gasteiger partial charge in [0.05, 0.1) is 0 Å². The van der Waals surface area contributed by atoms with E-state index in [1.165, 1.54) is 5.56 Å². The molecule has 3 aromatic carbocycles. The Kier molecular flexibility index (Phi) is 7.55. The molecule has 4 rings (SSSR count). The summed E-state index contributed by atoms with van der Waals surface area (Å²) < 4.78 is 6.13. The summed E-state index contributed by atoms with van der Waals surface area (Å²) in [5.41, 5.74) is 3.73. The molecule has 0 saturated carbocycles. The Hall–Kier alpha value is -3.59. The van der Waals surface area contributed by atoms with Gasteiger partial charge in [0, 0.05) is 18.2 Å². The number of likely N-dealkylation sites (tertiary alicyclic amines) is 1. The maximum atomic E-state index is 13.5. The monoisotopic (exact) mass is 465 g/mol. The summed E-state index contributed by atoms with van der Waals surface area (Å²) in [5, 5.41) is 0. The first kappa shape index (κ1) is 24.5. The number of hydrogen-bond acceptors (Lipinski definition) is 2. The standard InChI is InChI=1S/C32H35NO2/c1-5-13-29-21-32(4,24(2)22-33(29)31(34)25(3)27-16-10-7-11-17-27)28-18-12-19-30(20-28)35-23-26-14-8-6-9-15-26/h5-12,14-20,24,29H,1,3,13,21-23H2,2,4H3/t24-,29-,32+/m0/s1. The summed E-state index contributed by atoms with van der Waals surface area (Å²) in [4.78, 5) is 15.5. The Morgan fingerprint density at radius 3 is 2.43 bits per heavy atom. The van der Waals surface area contributed by atoms with Gasteiger partial charge in [-0.05, 0) is 53.0 Å². The molecule has 3 heteroatoms. The predicted octanol–water partition coefficient (Wildman–Crippen LogP) is 7.05. The fourth-order valence-electron chi connectivity index (χ4n) is 5.12. The summed E-state index contributed by atoms with van der Waals surface area (Å²) >= 11 is 0. The van der Waals surface area contributed by atoms with Crippen LogP contribution < -0.4 is 4.74 Å². The lowest BCUT2D eigenvalue weighted by Crippen LogP contribution is -2.54. The van der Waals surface area contributed by atoms with Gasteiger partial charge in [-0.25, -0.2) is 0 Å².